The van der Waals surface area contributed by atoms with Crippen molar-refractivity contribution in [2.24, 2.45) is 0 Å². The lowest BCUT2D eigenvalue weighted by molar-refractivity contribution is 1.07. The van der Waals surface area contributed by atoms with Crippen molar-refractivity contribution in [2.45, 2.75) is 0 Å². The Morgan fingerprint density at radius 3 is 0.892 bits per heavy atom. The largest absolute Gasteiger partial charge is 0.309 e. The summed E-state index contributed by atoms with van der Waals surface area (Å²) >= 11 is 0. The van der Waals surface area contributed by atoms with Crippen LogP contribution in [0.25, 0.3) is 134 Å². The molecule has 14 rings (SSSR count). The number of aromatic nitrogens is 8. The zero-order valence-corrected chi connectivity index (χ0v) is 39.8. The standard InChI is InChI=1S/C66H42N8/c1-5-17-43(18-6-1)61-67-62(44-19-7-2-8-20-44)70-65(69-61)47-29-35-51(36-30-47)73-58-28-16-14-26-54(58)56-41-49(34-40-59(56)73)50-33-39-55-53-25-13-15-27-57(53)74(60(55)42-50)52-37-31-48(32-38-52)66-71-63(45-21-9-3-10-22-45)68-64(72-66)46-23-11-4-12-24-46/h1-42H. The Morgan fingerprint density at radius 2 is 0.473 bits per heavy atom. The van der Waals surface area contributed by atoms with Gasteiger partial charge in [-0.2, -0.15) is 0 Å². The Labute approximate surface area is 426 Å². The number of rotatable bonds is 9. The van der Waals surface area contributed by atoms with Gasteiger partial charge in [0.15, 0.2) is 34.9 Å². The van der Waals surface area contributed by atoms with Crippen LogP contribution in [0.3, 0.4) is 0 Å². The van der Waals surface area contributed by atoms with Crippen LogP contribution in [-0.4, -0.2) is 39.0 Å². The molecular weight excluding hydrogens is 905 g/mol. The highest BCUT2D eigenvalue weighted by atomic mass is 15.0. The molecule has 0 amide bonds. The van der Waals surface area contributed by atoms with Gasteiger partial charge in [-0.05, 0) is 90.0 Å². The number of benzene rings is 10. The molecule has 0 saturated carbocycles. The lowest BCUT2D eigenvalue weighted by atomic mass is 10.0. The normalized spacial score (nSPS) is 11.5. The summed E-state index contributed by atoms with van der Waals surface area (Å²) in [6, 6.07) is 88.5. The average Bonchev–Trinajstić information content (AvgIpc) is 4.02. The van der Waals surface area contributed by atoms with E-state index in [1.54, 1.807) is 0 Å². The molecule has 10 aromatic carbocycles. The van der Waals surface area contributed by atoms with Crippen molar-refractivity contribution in [3.8, 4) is 90.8 Å². The predicted octanol–water partition coefficient (Wildman–Crippen LogP) is 15.9. The van der Waals surface area contributed by atoms with Crippen LogP contribution in [0.2, 0.25) is 0 Å². The highest BCUT2D eigenvalue weighted by Gasteiger charge is 2.19. The number of nitrogens with zero attached hydrogens (tertiary/aromatic N) is 8. The molecule has 0 spiro atoms. The molecule has 0 aliphatic heterocycles. The monoisotopic (exact) mass is 946 g/mol. The predicted molar refractivity (Wildman–Crippen MR) is 300 cm³/mol. The Morgan fingerprint density at radius 1 is 0.189 bits per heavy atom. The second-order valence-corrected chi connectivity index (χ2v) is 18.3. The summed E-state index contributed by atoms with van der Waals surface area (Å²) in [5.74, 6) is 3.80. The number of hydrogen-bond donors (Lipinski definition) is 0. The number of para-hydroxylation sites is 2. The second kappa shape index (κ2) is 17.9. The van der Waals surface area contributed by atoms with Gasteiger partial charge in [-0.15, -0.1) is 0 Å². The molecule has 74 heavy (non-hydrogen) atoms. The Hall–Kier alpha value is -10.2. The minimum Gasteiger partial charge on any atom is -0.309 e. The van der Waals surface area contributed by atoms with Crippen molar-refractivity contribution < 1.29 is 0 Å². The van der Waals surface area contributed by atoms with E-state index < -0.39 is 0 Å². The maximum Gasteiger partial charge on any atom is 0.164 e. The van der Waals surface area contributed by atoms with E-state index in [9.17, 15) is 0 Å². The molecule has 346 valence electrons. The molecule has 8 heteroatoms. The molecule has 4 heterocycles. The lowest BCUT2D eigenvalue weighted by Crippen LogP contribution is -2.00. The van der Waals surface area contributed by atoms with E-state index >= 15 is 0 Å². The molecule has 0 radical (unpaired) electrons. The number of hydrogen-bond acceptors (Lipinski definition) is 6. The molecule has 4 aromatic heterocycles. The summed E-state index contributed by atoms with van der Waals surface area (Å²) in [7, 11) is 0. The van der Waals surface area contributed by atoms with Crippen LogP contribution in [0.15, 0.2) is 255 Å². The van der Waals surface area contributed by atoms with Gasteiger partial charge in [0.2, 0.25) is 0 Å². The van der Waals surface area contributed by atoms with Crippen molar-refractivity contribution in [2.75, 3.05) is 0 Å². The Bertz CT molecular complexity index is 4270. The summed E-state index contributed by atoms with van der Waals surface area (Å²) in [5.41, 5.74) is 14.5. The first-order valence-corrected chi connectivity index (χ1v) is 24.7. The van der Waals surface area contributed by atoms with Gasteiger partial charge in [-0.1, -0.05) is 176 Å². The van der Waals surface area contributed by atoms with E-state index in [1.807, 2.05) is 121 Å². The quantitative estimate of drug-likeness (QED) is 0.143. The zero-order valence-electron chi connectivity index (χ0n) is 39.8. The van der Waals surface area contributed by atoms with E-state index in [-0.39, 0.29) is 0 Å². The van der Waals surface area contributed by atoms with Crippen LogP contribution < -0.4 is 0 Å². The maximum absolute atomic E-state index is 5.00. The van der Waals surface area contributed by atoms with Crippen LogP contribution in [0.1, 0.15) is 0 Å². The molecule has 8 nitrogen and oxygen atoms in total. The number of fused-ring (bicyclic) bond motifs is 6. The van der Waals surface area contributed by atoms with Gasteiger partial charge in [0.25, 0.3) is 0 Å². The van der Waals surface area contributed by atoms with Gasteiger partial charge in [0, 0.05) is 66.3 Å². The molecule has 0 saturated heterocycles. The Balaban J connectivity index is 0.833. The molecule has 0 atom stereocenters. The SMILES string of the molecule is c1ccc(-c2nc(-c3ccccc3)nc(-c3ccc(-n4c5ccccc5c5cc(-c6ccc7c8ccccc8n(-c8ccc(-c9nc(-c%10ccccc%10)nc(-c%10ccccc%10)n9)cc8)c7c6)ccc54)cc3)n2)cc1. The minimum absolute atomic E-state index is 0.623. The van der Waals surface area contributed by atoms with Gasteiger partial charge >= 0.3 is 0 Å². The molecule has 0 aliphatic carbocycles. The third-order valence-electron chi connectivity index (χ3n) is 13.8. The van der Waals surface area contributed by atoms with E-state index in [0.29, 0.717) is 34.9 Å². The van der Waals surface area contributed by atoms with Crippen LogP contribution in [0.4, 0.5) is 0 Å². The first-order chi connectivity index (χ1) is 36.7. The third kappa shape index (κ3) is 7.57. The maximum atomic E-state index is 5.00. The highest BCUT2D eigenvalue weighted by Crippen LogP contribution is 2.39. The van der Waals surface area contributed by atoms with Gasteiger partial charge in [0.05, 0.1) is 22.1 Å². The van der Waals surface area contributed by atoms with Gasteiger partial charge in [-0.25, -0.2) is 29.9 Å². The summed E-state index contributed by atoms with van der Waals surface area (Å²) in [5, 5.41) is 4.76. The fourth-order valence-electron chi connectivity index (χ4n) is 10.3. The van der Waals surface area contributed by atoms with Crippen molar-refractivity contribution in [3.63, 3.8) is 0 Å². The molecule has 0 fully saturated rings. The van der Waals surface area contributed by atoms with Crippen molar-refractivity contribution in [1.82, 2.24) is 39.0 Å². The fraction of sp³-hybridized carbons (Fsp3) is 0. The average molecular weight is 947 g/mol. The smallest absolute Gasteiger partial charge is 0.164 e. The summed E-state index contributed by atoms with van der Waals surface area (Å²) in [4.78, 5) is 29.8. The second-order valence-electron chi connectivity index (χ2n) is 18.3. The first kappa shape index (κ1) is 42.7. The third-order valence-corrected chi connectivity index (χ3v) is 13.8. The summed E-state index contributed by atoms with van der Waals surface area (Å²) < 4.78 is 4.72. The summed E-state index contributed by atoms with van der Waals surface area (Å²) in [6.07, 6.45) is 0. The molecule has 14 aromatic rings. The lowest BCUT2D eigenvalue weighted by Gasteiger charge is -2.12. The first-order valence-electron chi connectivity index (χ1n) is 24.7. The summed E-state index contributed by atoms with van der Waals surface area (Å²) in [6.45, 7) is 0. The van der Waals surface area contributed by atoms with Crippen LogP contribution in [-0.2, 0) is 0 Å². The molecule has 0 bridgehead atoms. The molecular formula is C66H42N8. The van der Waals surface area contributed by atoms with E-state index in [2.05, 4.69) is 143 Å². The van der Waals surface area contributed by atoms with E-state index in [4.69, 9.17) is 29.9 Å². The van der Waals surface area contributed by atoms with E-state index in [1.165, 1.54) is 21.5 Å². The van der Waals surface area contributed by atoms with Gasteiger partial charge in [-0.3, -0.25) is 0 Å². The highest BCUT2D eigenvalue weighted by molar-refractivity contribution is 6.12. The minimum atomic E-state index is 0.623. The van der Waals surface area contributed by atoms with Crippen molar-refractivity contribution >= 4 is 43.6 Å². The van der Waals surface area contributed by atoms with Crippen LogP contribution in [0, 0.1) is 0 Å². The van der Waals surface area contributed by atoms with Gasteiger partial charge < -0.3 is 9.13 Å². The molecule has 0 aliphatic rings. The van der Waals surface area contributed by atoms with Crippen molar-refractivity contribution in [3.05, 3.63) is 255 Å². The van der Waals surface area contributed by atoms with E-state index in [0.717, 1.165) is 77.9 Å². The van der Waals surface area contributed by atoms with Gasteiger partial charge in [0.1, 0.15) is 0 Å². The zero-order chi connectivity index (χ0) is 49.0. The molecule has 0 unspecified atom stereocenters. The van der Waals surface area contributed by atoms with Crippen LogP contribution >= 0.6 is 0 Å². The van der Waals surface area contributed by atoms with Crippen molar-refractivity contribution in [1.29, 1.82) is 0 Å². The fourth-order valence-corrected chi connectivity index (χ4v) is 10.3. The topological polar surface area (TPSA) is 87.2 Å². The van der Waals surface area contributed by atoms with Crippen LogP contribution in [0.5, 0.6) is 0 Å². The molecule has 0 N–H and O–H groups in total. The Kier molecular flexibility index (Phi) is 10.3.